The zero-order chi connectivity index (χ0) is 22.2. The molecule has 1 fully saturated rings. The first kappa shape index (κ1) is 22.3. The average Bonchev–Trinajstić information content (AvgIpc) is 3.03. The van der Waals surface area contributed by atoms with Crippen molar-refractivity contribution in [3.63, 3.8) is 0 Å². The third kappa shape index (κ3) is 4.10. The van der Waals surface area contributed by atoms with Crippen molar-refractivity contribution in [3.8, 4) is 11.5 Å². The molecule has 12 heteroatoms. The number of aromatic nitrogens is 2. The number of hydrogen-bond acceptors (Lipinski definition) is 6. The second-order valence-electron chi connectivity index (χ2n) is 6.93. The summed E-state index contributed by atoms with van der Waals surface area (Å²) in [5.41, 5.74) is 1.86. The standard InChI is InChI=1S/C18H24ClN5O5S/c1-10-11(9-20-23(10)2)13-7-15(24(3)30(26,27)22-13)18(25)21-14-8-16(28-4)12(19)6-17(14)29-5/h6,8-9,13,15,22H,7H2,1-5H3,(H,21,25)/t13-,15-/m1/s1. The number of ether oxygens (including phenoxy) is 2. The van der Waals surface area contributed by atoms with Crippen molar-refractivity contribution in [3.05, 3.63) is 34.6 Å². The van der Waals surface area contributed by atoms with E-state index in [2.05, 4.69) is 15.1 Å². The Kier molecular flexibility index (Phi) is 6.27. The van der Waals surface area contributed by atoms with Gasteiger partial charge in [0.15, 0.2) is 0 Å². The quantitative estimate of drug-likeness (QED) is 0.705. The van der Waals surface area contributed by atoms with Crippen LogP contribution < -0.4 is 19.5 Å². The number of hydrogen-bond donors (Lipinski definition) is 2. The number of aryl methyl sites for hydroxylation is 1. The number of rotatable bonds is 5. The summed E-state index contributed by atoms with van der Waals surface area (Å²) in [6.45, 7) is 1.84. The van der Waals surface area contributed by atoms with Gasteiger partial charge in [-0.3, -0.25) is 9.48 Å². The summed E-state index contributed by atoms with van der Waals surface area (Å²) in [7, 11) is 2.14. The van der Waals surface area contributed by atoms with E-state index in [4.69, 9.17) is 21.1 Å². The van der Waals surface area contributed by atoms with Gasteiger partial charge >= 0.3 is 0 Å². The van der Waals surface area contributed by atoms with Crippen molar-refractivity contribution in [2.45, 2.75) is 25.4 Å². The smallest absolute Gasteiger partial charge is 0.280 e. The van der Waals surface area contributed by atoms with Gasteiger partial charge in [-0.2, -0.15) is 22.5 Å². The van der Waals surface area contributed by atoms with E-state index in [-0.39, 0.29) is 6.42 Å². The van der Waals surface area contributed by atoms with Gasteiger partial charge in [-0.15, -0.1) is 0 Å². The van der Waals surface area contributed by atoms with Gasteiger partial charge in [0.05, 0.1) is 37.2 Å². The summed E-state index contributed by atoms with van der Waals surface area (Å²) in [5.74, 6) is 0.174. The lowest BCUT2D eigenvalue weighted by atomic mass is 10.00. The average molecular weight is 458 g/mol. The molecule has 164 valence electrons. The van der Waals surface area contributed by atoms with Crippen molar-refractivity contribution in [2.24, 2.45) is 7.05 Å². The molecule has 2 aromatic rings. The minimum absolute atomic E-state index is 0.223. The molecular weight excluding hydrogens is 434 g/mol. The molecule has 0 saturated carbocycles. The Morgan fingerprint density at radius 2 is 1.93 bits per heavy atom. The lowest BCUT2D eigenvalue weighted by Gasteiger charge is -2.36. The number of likely N-dealkylation sites (N-methyl/N-ethyl adjacent to an activating group) is 1. The molecule has 0 spiro atoms. The second-order valence-corrected chi connectivity index (χ2v) is 9.10. The summed E-state index contributed by atoms with van der Waals surface area (Å²) < 4.78 is 41.1. The fraction of sp³-hybridized carbons (Fsp3) is 0.444. The summed E-state index contributed by atoms with van der Waals surface area (Å²) in [4.78, 5) is 13.1. The number of carbonyl (C=O) groups is 1. The molecule has 3 rings (SSSR count). The van der Waals surface area contributed by atoms with E-state index in [1.165, 1.54) is 33.4 Å². The molecule has 2 atom stereocenters. The van der Waals surface area contributed by atoms with Gasteiger partial charge in [0.2, 0.25) is 5.91 Å². The predicted octanol–water partition coefficient (Wildman–Crippen LogP) is 1.62. The fourth-order valence-electron chi connectivity index (χ4n) is 3.34. The molecule has 1 saturated heterocycles. The maximum Gasteiger partial charge on any atom is 0.280 e. The van der Waals surface area contributed by atoms with E-state index in [0.29, 0.717) is 22.2 Å². The molecule has 2 heterocycles. The van der Waals surface area contributed by atoms with Crippen molar-refractivity contribution in [1.82, 2.24) is 18.8 Å². The van der Waals surface area contributed by atoms with E-state index in [9.17, 15) is 13.2 Å². The first-order chi connectivity index (χ1) is 14.1. The Morgan fingerprint density at radius 1 is 1.27 bits per heavy atom. The van der Waals surface area contributed by atoms with Crippen LogP contribution in [0.4, 0.5) is 5.69 Å². The molecule has 30 heavy (non-hydrogen) atoms. The van der Waals surface area contributed by atoms with Crippen LogP contribution in [0, 0.1) is 6.92 Å². The maximum atomic E-state index is 13.1. The van der Waals surface area contributed by atoms with Crippen LogP contribution in [-0.4, -0.2) is 55.7 Å². The number of nitrogens with one attached hydrogen (secondary N) is 2. The zero-order valence-electron chi connectivity index (χ0n) is 17.3. The fourth-order valence-corrected chi connectivity index (χ4v) is 4.84. The molecule has 1 aromatic carbocycles. The van der Waals surface area contributed by atoms with Gasteiger partial charge in [-0.25, -0.2) is 0 Å². The molecule has 0 aliphatic carbocycles. The predicted molar refractivity (Wildman–Crippen MR) is 112 cm³/mol. The van der Waals surface area contributed by atoms with E-state index in [1.54, 1.807) is 17.9 Å². The van der Waals surface area contributed by atoms with Gasteiger partial charge in [0, 0.05) is 37.5 Å². The van der Waals surface area contributed by atoms with Crippen LogP contribution in [0.2, 0.25) is 5.02 Å². The molecule has 2 N–H and O–H groups in total. The Balaban J connectivity index is 1.91. The number of carbonyl (C=O) groups excluding carboxylic acids is 1. The minimum Gasteiger partial charge on any atom is -0.495 e. The summed E-state index contributed by atoms with van der Waals surface area (Å²) >= 11 is 6.11. The van der Waals surface area contributed by atoms with Gasteiger partial charge in [0.25, 0.3) is 10.2 Å². The Morgan fingerprint density at radius 3 is 2.50 bits per heavy atom. The second kappa shape index (κ2) is 8.42. The van der Waals surface area contributed by atoms with Crippen molar-refractivity contribution < 1.29 is 22.7 Å². The van der Waals surface area contributed by atoms with E-state index in [1.807, 2.05) is 6.92 Å². The SMILES string of the molecule is COc1cc(NC(=O)[C@H]2C[C@H](c3cnn(C)c3C)NS(=O)(=O)N2C)c(OC)cc1Cl. The lowest BCUT2D eigenvalue weighted by Crippen LogP contribution is -2.56. The molecule has 1 amide bonds. The van der Waals surface area contributed by atoms with Crippen LogP contribution in [-0.2, 0) is 22.1 Å². The molecule has 0 unspecified atom stereocenters. The van der Waals surface area contributed by atoms with Crippen LogP contribution >= 0.6 is 11.6 Å². The Hall–Kier alpha value is -2.34. The molecular formula is C18H24ClN5O5S. The van der Waals surface area contributed by atoms with Gasteiger partial charge < -0.3 is 14.8 Å². The highest BCUT2D eigenvalue weighted by Crippen LogP contribution is 2.37. The molecule has 0 bridgehead atoms. The molecule has 1 aliphatic heterocycles. The highest BCUT2D eigenvalue weighted by molar-refractivity contribution is 7.87. The summed E-state index contributed by atoms with van der Waals surface area (Å²) in [6.07, 6.45) is 1.83. The van der Waals surface area contributed by atoms with Crippen LogP contribution in [0.5, 0.6) is 11.5 Å². The normalized spacial score (nSPS) is 21.3. The molecule has 1 aromatic heterocycles. The lowest BCUT2D eigenvalue weighted by molar-refractivity contribution is -0.120. The molecule has 1 aliphatic rings. The summed E-state index contributed by atoms with van der Waals surface area (Å²) in [6, 6.07) is 1.50. The first-order valence-electron chi connectivity index (χ1n) is 9.05. The summed E-state index contributed by atoms with van der Waals surface area (Å²) in [5, 5.41) is 7.23. The molecule has 10 nitrogen and oxygen atoms in total. The van der Waals surface area contributed by atoms with Gasteiger partial charge in [0.1, 0.15) is 17.5 Å². The van der Waals surface area contributed by atoms with Crippen LogP contribution in [0.3, 0.4) is 0 Å². The number of amides is 1. The number of nitrogens with zero attached hydrogens (tertiary/aromatic N) is 3. The van der Waals surface area contributed by atoms with Gasteiger partial charge in [-0.05, 0) is 13.3 Å². The number of benzene rings is 1. The van der Waals surface area contributed by atoms with Crippen LogP contribution in [0.25, 0.3) is 0 Å². The Bertz CT molecular complexity index is 1070. The van der Waals surface area contributed by atoms with E-state index in [0.717, 1.165) is 15.6 Å². The monoisotopic (exact) mass is 457 g/mol. The molecule has 0 radical (unpaired) electrons. The van der Waals surface area contributed by atoms with Crippen LogP contribution in [0.15, 0.2) is 18.3 Å². The minimum atomic E-state index is -3.88. The van der Waals surface area contributed by atoms with Crippen LogP contribution in [0.1, 0.15) is 23.7 Å². The topological polar surface area (TPSA) is 115 Å². The number of methoxy groups -OCH3 is 2. The van der Waals surface area contributed by atoms with Crippen molar-refractivity contribution in [2.75, 3.05) is 26.6 Å². The van der Waals surface area contributed by atoms with Crippen molar-refractivity contribution in [1.29, 1.82) is 0 Å². The number of anilines is 1. The van der Waals surface area contributed by atoms with Crippen molar-refractivity contribution >= 4 is 33.4 Å². The Labute approximate surface area is 180 Å². The maximum absolute atomic E-state index is 13.1. The third-order valence-electron chi connectivity index (χ3n) is 5.25. The van der Waals surface area contributed by atoms with E-state index < -0.39 is 28.2 Å². The largest absolute Gasteiger partial charge is 0.495 e. The highest BCUT2D eigenvalue weighted by Gasteiger charge is 2.41. The highest BCUT2D eigenvalue weighted by atomic mass is 35.5. The van der Waals surface area contributed by atoms with Gasteiger partial charge in [-0.1, -0.05) is 11.6 Å². The third-order valence-corrected chi connectivity index (χ3v) is 7.14. The number of halogens is 1. The zero-order valence-corrected chi connectivity index (χ0v) is 18.8. The first-order valence-corrected chi connectivity index (χ1v) is 10.9. The van der Waals surface area contributed by atoms with E-state index >= 15 is 0 Å².